The summed E-state index contributed by atoms with van der Waals surface area (Å²) in [7, 11) is 0. The number of amides is 1. The van der Waals surface area contributed by atoms with Crippen molar-refractivity contribution >= 4 is 28.9 Å². The van der Waals surface area contributed by atoms with Gasteiger partial charge in [-0.2, -0.15) is 0 Å². The monoisotopic (exact) mass is 288 g/mol. The molecule has 1 rings (SSSR count). The lowest BCUT2D eigenvalue weighted by Gasteiger charge is -2.16. The van der Waals surface area contributed by atoms with E-state index in [9.17, 15) is 25.1 Å². The Hall–Kier alpha value is -1.70. The Balaban J connectivity index is 3.15. The Labute approximate surface area is 114 Å². The van der Waals surface area contributed by atoms with Crippen molar-refractivity contribution in [3.63, 3.8) is 0 Å². The second-order valence-electron chi connectivity index (χ2n) is 3.88. The molecule has 8 heteroatoms. The number of alkyl halides is 1. The number of nitrogens with zero attached hydrogens (tertiary/aromatic N) is 1. The van der Waals surface area contributed by atoms with Gasteiger partial charge in [-0.15, -0.1) is 11.6 Å². The van der Waals surface area contributed by atoms with E-state index in [2.05, 4.69) is 5.32 Å². The molecule has 1 aromatic carbocycles. The fraction of sp³-hybridized carbons (Fsp3) is 0.364. The number of anilines is 1. The van der Waals surface area contributed by atoms with Crippen LogP contribution in [0.2, 0.25) is 0 Å². The number of nitrogens with one attached hydrogen (secondary N) is 1. The van der Waals surface area contributed by atoms with Crippen LogP contribution in [0.4, 0.5) is 11.4 Å². The van der Waals surface area contributed by atoms with Crippen LogP contribution in [0.5, 0.6) is 0 Å². The summed E-state index contributed by atoms with van der Waals surface area (Å²) in [5.41, 5.74) is -0.198. The molecule has 0 saturated carbocycles. The van der Waals surface area contributed by atoms with Gasteiger partial charge in [0.25, 0.3) is 5.69 Å². The highest BCUT2D eigenvalue weighted by molar-refractivity contribution is 6.18. The average Bonchev–Trinajstić information content (AvgIpc) is 2.36. The second-order valence-corrected chi connectivity index (χ2v) is 4.19. The van der Waals surface area contributed by atoms with Crippen LogP contribution in [0.1, 0.15) is 18.6 Å². The van der Waals surface area contributed by atoms with E-state index < -0.39 is 23.0 Å². The number of nitro groups is 1. The Morgan fingerprint density at radius 3 is 2.63 bits per heavy atom. The molecule has 0 aliphatic heterocycles. The Bertz CT molecular complexity index is 494. The lowest BCUT2D eigenvalue weighted by Crippen LogP contribution is -2.20. The van der Waals surface area contributed by atoms with Crippen LogP contribution < -0.4 is 5.32 Å². The normalized spacial score (nSPS) is 13.7. The number of halogens is 1. The summed E-state index contributed by atoms with van der Waals surface area (Å²) in [5.74, 6) is -0.653. The number of hydrogen-bond donors (Lipinski definition) is 3. The maximum absolute atomic E-state index is 10.9. The third-order valence-electron chi connectivity index (χ3n) is 2.39. The van der Waals surface area contributed by atoms with Gasteiger partial charge in [0.05, 0.1) is 16.9 Å². The third kappa shape index (κ3) is 3.88. The minimum Gasteiger partial charge on any atom is -0.389 e. The fourth-order valence-electron chi connectivity index (χ4n) is 1.49. The molecule has 19 heavy (non-hydrogen) atoms. The molecule has 0 spiro atoms. The smallest absolute Gasteiger partial charge is 0.293 e. The van der Waals surface area contributed by atoms with Gasteiger partial charge in [-0.3, -0.25) is 14.9 Å². The lowest BCUT2D eigenvalue weighted by molar-refractivity contribution is -0.384. The van der Waals surface area contributed by atoms with Crippen molar-refractivity contribution < 1.29 is 19.9 Å². The average molecular weight is 289 g/mol. The van der Waals surface area contributed by atoms with Crippen molar-refractivity contribution in [1.29, 1.82) is 0 Å². The van der Waals surface area contributed by atoms with Crippen LogP contribution in [0.15, 0.2) is 18.2 Å². The summed E-state index contributed by atoms with van der Waals surface area (Å²) in [5, 5.41) is 32.3. The molecule has 0 saturated heterocycles. The lowest BCUT2D eigenvalue weighted by atomic mass is 10.0. The molecule has 1 aromatic rings. The molecular weight excluding hydrogens is 276 g/mol. The molecular formula is C11H13ClN2O5. The van der Waals surface area contributed by atoms with Crippen molar-refractivity contribution in [2.45, 2.75) is 19.1 Å². The van der Waals surface area contributed by atoms with Gasteiger partial charge in [0.15, 0.2) is 0 Å². The van der Waals surface area contributed by atoms with Crippen LogP contribution in [-0.2, 0) is 4.79 Å². The summed E-state index contributed by atoms with van der Waals surface area (Å²) in [6, 6.07) is 3.75. The van der Waals surface area contributed by atoms with E-state index >= 15 is 0 Å². The molecule has 0 radical (unpaired) electrons. The molecule has 7 nitrogen and oxygen atoms in total. The van der Waals surface area contributed by atoms with Gasteiger partial charge in [0.1, 0.15) is 11.8 Å². The van der Waals surface area contributed by atoms with E-state index in [0.29, 0.717) is 0 Å². The highest BCUT2D eigenvalue weighted by Crippen LogP contribution is 2.29. The van der Waals surface area contributed by atoms with Gasteiger partial charge in [-0.05, 0) is 11.6 Å². The van der Waals surface area contributed by atoms with Gasteiger partial charge >= 0.3 is 0 Å². The van der Waals surface area contributed by atoms with E-state index in [1.54, 1.807) is 0 Å². The number of hydrogen-bond acceptors (Lipinski definition) is 5. The fourth-order valence-corrected chi connectivity index (χ4v) is 1.65. The summed E-state index contributed by atoms with van der Waals surface area (Å²) in [4.78, 5) is 21.1. The number of benzene rings is 1. The minimum absolute atomic E-state index is 0.0220. The SMILES string of the molecule is CC(=O)Nc1ccc(C(O)C(O)CCl)cc1[N+](=O)[O-]. The Morgan fingerprint density at radius 1 is 1.53 bits per heavy atom. The summed E-state index contributed by atoms with van der Waals surface area (Å²) in [6.45, 7) is 1.23. The van der Waals surface area contributed by atoms with E-state index in [1.807, 2.05) is 0 Å². The zero-order valence-electron chi connectivity index (χ0n) is 10.0. The molecule has 0 aliphatic carbocycles. The van der Waals surface area contributed by atoms with Crippen molar-refractivity contribution in [3.8, 4) is 0 Å². The summed E-state index contributed by atoms with van der Waals surface area (Å²) in [6.07, 6.45) is -2.56. The van der Waals surface area contributed by atoms with Gasteiger partial charge in [-0.25, -0.2) is 0 Å². The highest BCUT2D eigenvalue weighted by atomic mass is 35.5. The Kier molecular flexibility index (Phi) is 5.22. The third-order valence-corrected chi connectivity index (χ3v) is 2.71. The molecule has 3 N–H and O–H groups in total. The predicted octanol–water partition coefficient (Wildman–Crippen LogP) is 1.19. The molecule has 2 unspecified atom stereocenters. The summed E-state index contributed by atoms with van der Waals surface area (Å²) < 4.78 is 0. The predicted molar refractivity (Wildman–Crippen MR) is 69.1 cm³/mol. The first-order valence-corrected chi connectivity index (χ1v) is 5.88. The van der Waals surface area contributed by atoms with Crippen molar-refractivity contribution in [2.24, 2.45) is 0 Å². The minimum atomic E-state index is -1.33. The molecule has 104 valence electrons. The van der Waals surface area contributed by atoms with E-state index in [0.717, 1.165) is 6.07 Å². The number of nitro benzene ring substituents is 1. The molecule has 2 atom stereocenters. The zero-order valence-corrected chi connectivity index (χ0v) is 10.8. The number of aliphatic hydroxyl groups excluding tert-OH is 2. The quantitative estimate of drug-likeness (QED) is 0.428. The van der Waals surface area contributed by atoms with E-state index in [1.165, 1.54) is 19.1 Å². The van der Waals surface area contributed by atoms with E-state index in [4.69, 9.17) is 11.6 Å². The molecule has 1 amide bonds. The molecule has 0 bridgehead atoms. The topological polar surface area (TPSA) is 113 Å². The van der Waals surface area contributed by atoms with Gasteiger partial charge < -0.3 is 15.5 Å². The van der Waals surface area contributed by atoms with Crippen LogP contribution in [0, 0.1) is 10.1 Å². The molecule has 0 heterocycles. The van der Waals surface area contributed by atoms with Crippen molar-refractivity contribution in [1.82, 2.24) is 0 Å². The zero-order chi connectivity index (χ0) is 14.6. The van der Waals surface area contributed by atoms with Crippen molar-refractivity contribution in [3.05, 3.63) is 33.9 Å². The van der Waals surface area contributed by atoms with E-state index in [-0.39, 0.29) is 22.8 Å². The molecule has 0 aromatic heterocycles. The van der Waals surface area contributed by atoms with Crippen LogP contribution >= 0.6 is 11.6 Å². The number of carbonyl (C=O) groups excluding carboxylic acids is 1. The maximum Gasteiger partial charge on any atom is 0.293 e. The van der Waals surface area contributed by atoms with Gasteiger partial charge in [0.2, 0.25) is 5.91 Å². The Morgan fingerprint density at radius 2 is 2.16 bits per heavy atom. The summed E-state index contributed by atoms with van der Waals surface area (Å²) >= 11 is 5.40. The van der Waals surface area contributed by atoms with Crippen LogP contribution in [-0.4, -0.2) is 33.0 Å². The number of carbonyl (C=O) groups is 1. The maximum atomic E-state index is 10.9. The van der Waals surface area contributed by atoms with Crippen molar-refractivity contribution in [2.75, 3.05) is 11.2 Å². The standard InChI is InChI=1S/C11H13ClN2O5/c1-6(15)13-8-3-2-7(4-9(8)14(18)19)11(17)10(16)5-12/h2-4,10-11,16-17H,5H2,1H3,(H,13,15). The van der Waals surface area contributed by atoms with Crippen LogP contribution in [0.25, 0.3) is 0 Å². The first-order chi connectivity index (χ1) is 8.86. The molecule has 0 fully saturated rings. The number of rotatable bonds is 5. The van der Waals surface area contributed by atoms with Gasteiger partial charge in [-0.1, -0.05) is 6.07 Å². The highest BCUT2D eigenvalue weighted by Gasteiger charge is 2.22. The van der Waals surface area contributed by atoms with Crippen LogP contribution in [0.3, 0.4) is 0 Å². The number of aliphatic hydroxyl groups is 2. The first kappa shape index (κ1) is 15.4. The first-order valence-electron chi connectivity index (χ1n) is 5.34. The van der Waals surface area contributed by atoms with Gasteiger partial charge in [0, 0.05) is 13.0 Å². The largest absolute Gasteiger partial charge is 0.389 e. The second kappa shape index (κ2) is 6.46. The molecule has 0 aliphatic rings.